The number of carboxylic acids is 1. The quantitative estimate of drug-likeness (QED) is 0.461. The van der Waals surface area contributed by atoms with Gasteiger partial charge in [-0.15, -0.1) is 0 Å². The van der Waals surface area contributed by atoms with Crippen molar-refractivity contribution in [1.29, 1.82) is 5.26 Å². The number of hydrogen-bond acceptors (Lipinski definition) is 2. The molecular formula is C8H11NO2. The lowest BCUT2D eigenvalue weighted by Gasteiger charge is -1.84. The van der Waals surface area contributed by atoms with Crippen molar-refractivity contribution in [3.63, 3.8) is 0 Å². The Hall–Kier alpha value is -1.56. The van der Waals surface area contributed by atoms with E-state index in [1.54, 1.807) is 26.0 Å². The molecule has 0 rings (SSSR count). The van der Waals surface area contributed by atoms with Gasteiger partial charge in [-0.1, -0.05) is 12.7 Å². The van der Waals surface area contributed by atoms with E-state index in [-0.39, 0.29) is 0 Å². The number of nitriles is 1. The van der Waals surface area contributed by atoms with Crippen molar-refractivity contribution in [3.05, 3.63) is 24.3 Å². The van der Waals surface area contributed by atoms with Crippen LogP contribution >= 0.6 is 0 Å². The molecule has 0 bridgehead atoms. The summed E-state index contributed by atoms with van der Waals surface area (Å²) in [6.07, 6.45) is 2.74. The van der Waals surface area contributed by atoms with Crippen LogP contribution in [0.1, 0.15) is 13.8 Å². The fourth-order valence-electron chi connectivity index (χ4n) is 0.123. The van der Waals surface area contributed by atoms with Gasteiger partial charge in [-0.05, 0) is 13.8 Å². The van der Waals surface area contributed by atoms with Crippen LogP contribution in [-0.4, -0.2) is 11.1 Å². The number of carboxylic acid groups (broad SMARTS) is 1. The first-order valence-electron chi connectivity index (χ1n) is 2.96. The van der Waals surface area contributed by atoms with E-state index in [0.29, 0.717) is 5.57 Å². The summed E-state index contributed by atoms with van der Waals surface area (Å²) >= 11 is 0. The van der Waals surface area contributed by atoms with Crippen LogP contribution in [0.25, 0.3) is 0 Å². The second-order valence-corrected chi connectivity index (χ2v) is 1.61. The molecule has 0 saturated heterocycles. The lowest BCUT2D eigenvalue weighted by atomic mass is 10.3. The van der Waals surface area contributed by atoms with E-state index in [1.807, 2.05) is 0 Å². The van der Waals surface area contributed by atoms with Crippen LogP contribution in [0.3, 0.4) is 0 Å². The first kappa shape index (κ1) is 12.1. The van der Waals surface area contributed by atoms with Crippen LogP contribution in [0.2, 0.25) is 0 Å². The summed E-state index contributed by atoms with van der Waals surface area (Å²) in [7, 11) is 0. The smallest absolute Gasteiger partial charge is 0.330 e. The molecule has 3 heteroatoms. The molecular weight excluding hydrogens is 142 g/mol. The zero-order chi connectivity index (χ0) is 9.28. The first-order valence-corrected chi connectivity index (χ1v) is 2.96. The van der Waals surface area contributed by atoms with Gasteiger partial charge in [-0.25, -0.2) is 4.79 Å². The molecule has 0 aromatic carbocycles. The van der Waals surface area contributed by atoms with Crippen LogP contribution in [0.5, 0.6) is 0 Å². The van der Waals surface area contributed by atoms with Gasteiger partial charge in [0, 0.05) is 11.6 Å². The van der Waals surface area contributed by atoms with Gasteiger partial charge in [0.25, 0.3) is 0 Å². The number of aliphatic carboxylic acids is 1. The van der Waals surface area contributed by atoms with E-state index >= 15 is 0 Å². The van der Waals surface area contributed by atoms with Gasteiger partial charge in [0.1, 0.15) is 0 Å². The van der Waals surface area contributed by atoms with Crippen LogP contribution in [0.4, 0.5) is 0 Å². The van der Waals surface area contributed by atoms with Gasteiger partial charge in [0.2, 0.25) is 0 Å². The predicted molar refractivity (Wildman–Crippen MR) is 42.9 cm³/mol. The summed E-state index contributed by atoms with van der Waals surface area (Å²) in [4.78, 5) is 9.86. The maximum Gasteiger partial charge on any atom is 0.330 e. The molecule has 60 valence electrons. The molecule has 1 N–H and O–H groups in total. The molecule has 0 radical (unpaired) electrons. The maximum absolute atomic E-state index is 9.86. The van der Waals surface area contributed by atoms with Crippen molar-refractivity contribution in [3.8, 4) is 6.07 Å². The summed E-state index contributed by atoms with van der Waals surface area (Å²) in [6.45, 7) is 6.37. The van der Waals surface area contributed by atoms with Crippen LogP contribution in [-0.2, 0) is 4.79 Å². The molecule has 0 aliphatic heterocycles. The maximum atomic E-state index is 9.86. The van der Waals surface area contributed by atoms with Gasteiger partial charge < -0.3 is 5.11 Å². The van der Waals surface area contributed by atoms with Gasteiger partial charge in [0.15, 0.2) is 0 Å². The van der Waals surface area contributed by atoms with E-state index < -0.39 is 5.97 Å². The largest absolute Gasteiger partial charge is 0.478 e. The molecule has 0 amide bonds. The van der Waals surface area contributed by atoms with Crippen molar-refractivity contribution >= 4 is 5.97 Å². The Morgan fingerprint density at radius 3 is 2.09 bits per heavy atom. The molecule has 0 aromatic heterocycles. The van der Waals surface area contributed by atoms with Gasteiger partial charge in [-0.3, -0.25) is 0 Å². The number of allylic oxidation sites excluding steroid dienone is 2. The highest BCUT2D eigenvalue weighted by Gasteiger charge is 1.93. The Labute approximate surface area is 66.3 Å². The Morgan fingerprint density at radius 2 is 2.09 bits per heavy atom. The predicted octanol–water partition coefficient (Wildman–Crippen LogP) is 1.73. The molecule has 0 fully saturated rings. The summed E-state index contributed by atoms with van der Waals surface area (Å²) < 4.78 is 0. The third-order valence-electron chi connectivity index (χ3n) is 0.862. The summed E-state index contributed by atoms with van der Waals surface area (Å²) in [5, 5.41) is 15.6. The first-order chi connectivity index (χ1) is 5.09. The minimum Gasteiger partial charge on any atom is -0.478 e. The highest BCUT2D eigenvalue weighted by atomic mass is 16.4. The minimum absolute atomic E-state index is 0.389. The van der Waals surface area contributed by atoms with E-state index in [4.69, 9.17) is 10.4 Å². The van der Waals surface area contributed by atoms with Crippen molar-refractivity contribution in [1.82, 2.24) is 0 Å². The summed E-state index contributed by atoms with van der Waals surface area (Å²) in [6, 6.07) is 1.69. The topological polar surface area (TPSA) is 61.1 Å². The third kappa shape index (κ3) is 11.8. The Balaban J connectivity index is 0. The van der Waals surface area contributed by atoms with Crippen molar-refractivity contribution in [2.24, 2.45) is 0 Å². The number of rotatable bonds is 1. The number of hydrogen-bond donors (Lipinski definition) is 1. The average Bonchev–Trinajstić information content (AvgIpc) is 2.03. The Morgan fingerprint density at radius 1 is 1.73 bits per heavy atom. The Bertz CT molecular complexity index is 199. The zero-order valence-electron chi connectivity index (χ0n) is 6.66. The molecule has 0 aromatic rings. The summed E-state index contributed by atoms with van der Waals surface area (Å²) in [5.74, 6) is -0.845. The average molecular weight is 153 g/mol. The third-order valence-corrected chi connectivity index (χ3v) is 0.862. The molecule has 11 heavy (non-hydrogen) atoms. The summed E-state index contributed by atoms with van der Waals surface area (Å²) in [5.41, 5.74) is 0.389. The van der Waals surface area contributed by atoms with E-state index in [1.165, 1.54) is 6.08 Å². The fraction of sp³-hybridized carbons (Fsp3) is 0.250. The lowest BCUT2D eigenvalue weighted by Crippen LogP contribution is -1.93. The van der Waals surface area contributed by atoms with Gasteiger partial charge in [-0.2, -0.15) is 5.26 Å². The van der Waals surface area contributed by atoms with Crippen molar-refractivity contribution in [2.75, 3.05) is 0 Å². The second-order valence-electron chi connectivity index (χ2n) is 1.61. The monoisotopic (exact) mass is 153 g/mol. The van der Waals surface area contributed by atoms with Gasteiger partial charge >= 0.3 is 5.97 Å². The van der Waals surface area contributed by atoms with Crippen molar-refractivity contribution < 1.29 is 9.90 Å². The van der Waals surface area contributed by atoms with Crippen LogP contribution < -0.4 is 0 Å². The highest BCUT2D eigenvalue weighted by Crippen LogP contribution is 1.87. The normalized spacial score (nSPS) is 8.64. The Kier molecular flexibility index (Phi) is 9.32. The highest BCUT2D eigenvalue weighted by molar-refractivity contribution is 5.85. The standard InChI is InChI=1S/C5H8O2.C3H3N/c1-3-4(2)5(6)7;1-2-3-4/h3H,1-2H3,(H,6,7);2H,1H2. The SMILES string of the molecule is C=CC#N.CC=C(C)C(=O)O. The minimum atomic E-state index is -0.845. The molecule has 0 unspecified atom stereocenters. The van der Waals surface area contributed by atoms with E-state index in [2.05, 4.69) is 6.58 Å². The van der Waals surface area contributed by atoms with E-state index in [0.717, 1.165) is 0 Å². The lowest BCUT2D eigenvalue weighted by molar-refractivity contribution is -0.132. The molecule has 0 heterocycles. The number of carbonyl (C=O) groups is 1. The molecule has 3 nitrogen and oxygen atoms in total. The van der Waals surface area contributed by atoms with Crippen LogP contribution in [0, 0.1) is 11.3 Å². The zero-order valence-corrected chi connectivity index (χ0v) is 6.66. The number of nitrogens with zero attached hydrogens (tertiary/aromatic N) is 1. The molecule has 0 aliphatic carbocycles. The molecule has 0 spiro atoms. The molecule has 0 atom stereocenters. The van der Waals surface area contributed by atoms with Gasteiger partial charge in [0.05, 0.1) is 6.07 Å². The van der Waals surface area contributed by atoms with E-state index in [9.17, 15) is 4.79 Å². The fourth-order valence-corrected chi connectivity index (χ4v) is 0.123. The molecule has 0 saturated carbocycles. The molecule has 0 aliphatic rings. The van der Waals surface area contributed by atoms with Crippen LogP contribution in [0.15, 0.2) is 24.3 Å². The van der Waals surface area contributed by atoms with Crippen molar-refractivity contribution in [2.45, 2.75) is 13.8 Å². The second kappa shape index (κ2) is 8.44.